The van der Waals surface area contributed by atoms with E-state index in [1.54, 1.807) is 0 Å². The van der Waals surface area contributed by atoms with Gasteiger partial charge < -0.3 is 10.2 Å². The maximum absolute atomic E-state index is 4.57. The first kappa shape index (κ1) is 15.0. The Morgan fingerprint density at radius 3 is 2.56 bits per heavy atom. The van der Waals surface area contributed by atoms with Crippen molar-refractivity contribution < 1.29 is 0 Å². The molecule has 0 aliphatic rings. The number of aryl methyl sites for hydroxylation is 2. The van der Waals surface area contributed by atoms with Crippen LogP contribution in [0.15, 0.2) is 0 Å². The molecule has 0 amide bonds. The molecule has 1 atom stereocenters. The van der Waals surface area contributed by atoms with Crippen molar-refractivity contribution in [3.05, 3.63) is 11.3 Å². The van der Waals surface area contributed by atoms with Crippen LogP contribution >= 0.6 is 0 Å². The summed E-state index contributed by atoms with van der Waals surface area (Å²) < 4.78 is 2.02. The molecular formula is C14H28N4. The summed E-state index contributed by atoms with van der Waals surface area (Å²) in [6.45, 7) is 11.9. The Hall–Kier alpha value is -1.03. The Kier molecular flexibility index (Phi) is 5.66. The first-order valence-electron chi connectivity index (χ1n) is 6.97. The standard InChI is InChI=1S/C14H28N4/c1-7-11(3)10-18(8-2)14-13(9-15-5)12(4)16-17(14)6/h11,15H,7-10H2,1-6H3. The van der Waals surface area contributed by atoms with E-state index in [9.17, 15) is 0 Å². The Balaban J connectivity index is 3.03. The fourth-order valence-electron chi connectivity index (χ4n) is 2.34. The van der Waals surface area contributed by atoms with E-state index in [1.807, 2.05) is 18.8 Å². The lowest BCUT2D eigenvalue weighted by atomic mass is 10.1. The van der Waals surface area contributed by atoms with Gasteiger partial charge in [0.1, 0.15) is 5.82 Å². The highest BCUT2D eigenvalue weighted by atomic mass is 15.4. The Morgan fingerprint density at radius 1 is 1.39 bits per heavy atom. The van der Waals surface area contributed by atoms with Gasteiger partial charge in [0, 0.05) is 32.2 Å². The minimum Gasteiger partial charge on any atom is -0.357 e. The molecule has 1 aromatic rings. The quantitative estimate of drug-likeness (QED) is 0.808. The zero-order valence-corrected chi connectivity index (χ0v) is 12.7. The van der Waals surface area contributed by atoms with Gasteiger partial charge in [-0.3, -0.25) is 4.68 Å². The van der Waals surface area contributed by atoms with Gasteiger partial charge >= 0.3 is 0 Å². The highest BCUT2D eigenvalue weighted by Crippen LogP contribution is 2.24. The monoisotopic (exact) mass is 252 g/mol. The SMILES string of the molecule is CCC(C)CN(CC)c1c(CNC)c(C)nn1C. The van der Waals surface area contributed by atoms with Crippen LogP contribution in [-0.4, -0.2) is 29.9 Å². The molecule has 1 aromatic heterocycles. The van der Waals surface area contributed by atoms with E-state index in [0.29, 0.717) is 5.92 Å². The molecule has 1 N–H and O–H groups in total. The van der Waals surface area contributed by atoms with E-state index >= 15 is 0 Å². The van der Waals surface area contributed by atoms with Crippen molar-refractivity contribution in [2.24, 2.45) is 13.0 Å². The molecule has 4 heteroatoms. The summed E-state index contributed by atoms with van der Waals surface area (Å²) in [4.78, 5) is 2.45. The third-order valence-corrected chi connectivity index (χ3v) is 3.58. The van der Waals surface area contributed by atoms with E-state index in [1.165, 1.54) is 17.8 Å². The van der Waals surface area contributed by atoms with E-state index in [2.05, 4.69) is 43.0 Å². The Bertz CT molecular complexity index is 370. The molecule has 1 rings (SSSR count). The Labute approximate surface area is 111 Å². The predicted octanol–water partition coefficient (Wildman–Crippen LogP) is 2.32. The topological polar surface area (TPSA) is 33.1 Å². The van der Waals surface area contributed by atoms with Crippen molar-refractivity contribution >= 4 is 5.82 Å². The summed E-state index contributed by atoms with van der Waals surface area (Å²) >= 11 is 0. The maximum Gasteiger partial charge on any atom is 0.131 e. The van der Waals surface area contributed by atoms with Gasteiger partial charge in [0.15, 0.2) is 0 Å². The van der Waals surface area contributed by atoms with Gasteiger partial charge in [-0.2, -0.15) is 5.10 Å². The van der Waals surface area contributed by atoms with E-state index < -0.39 is 0 Å². The first-order chi connectivity index (χ1) is 8.54. The number of nitrogens with one attached hydrogen (secondary N) is 1. The number of anilines is 1. The second-order valence-electron chi connectivity index (χ2n) is 5.09. The third kappa shape index (κ3) is 3.25. The van der Waals surface area contributed by atoms with E-state index in [0.717, 1.165) is 25.3 Å². The fraction of sp³-hybridized carbons (Fsp3) is 0.786. The molecule has 4 nitrogen and oxygen atoms in total. The average molecular weight is 252 g/mol. The Morgan fingerprint density at radius 2 is 2.06 bits per heavy atom. The molecule has 0 fully saturated rings. The minimum atomic E-state index is 0.711. The van der Waals surface area contributed by atoms with Crippen LogP contribution in [0.4, 0.5) is 5.82 Å². The summed E-state index contributed by atoms with van der Waals surface area (Å²) in [7, 11) is 4.03. The summed E-state index contributed by atoms with van der Waals surface area (Å²) in [5.41, 5.74) is 2.45. The third-order valence-electron chi connectivity index (χ3n) is 3.58. The zero-order valence-electron chi connectivity index (χ0n) is 12.7. The molecule has 0 spiro atoms. The van der Waals surface area contributed by atoms with Crippen LogP contribution in [0.1, 0.15) is 38.4 Å². The van der Waals surface area contributed by atoms with Crippen LogP contribution in [-0.2, 0) is 13.6 Å². The lowest BCUT2D eigenvalue weighted by molar-refractivity contribution is 0.537. The molecule has 1 unspecified atom stereocenters. The number of aromatic nitrogens is 2. The normalized spacial score (nSPS) is 12.8. The van der Waals surface area contributed by atoms with Crippen molar-refractivity contribution in [3.63, 3.8) is 0 Å². The van der Waals surface area contributed by atoms with Gasteiger partial charge in [0.25, 0.3) is 0 Å². The van der Waals surface area contributed by atoms with Gasteiger partial charge in [0.2, 0.25) is 0 Å². The van der Waals surface area contributed by atoms with Gasteiger partial charge in [-0.05, 0) is 26.8 Å². The predicted molar refractivity (Wildman–Crippen MR) is 78.1 cm³/mol. The van der Waals surface area contributed by atoms with Gasteiger partial charge in [-0.15, -0.1) is 0 Å². The summed E-state index contributed by atoms with van der Waals surface area (Å²) in [6.07, 6.45) is 1.22. The average Bonchev–Trinajstić information content (AvgIpc) is 2.62. The van der Waals surface area contributed by atoms with Gasteiger partial charge in [-0.25, -0.2) is 0 Å². The van der Waals surface area contributed by atoms with Crippen LogP contribution < -0.4 is 10.2 Å². The molecule has 0 radical (unpaired) electrons. The van der Waals surface area contributed by atoms with E-state index in [-0.39, 0.29) is 0 Å². The maximum atomic E-state index is 4.57. The van der Waals surface area contributed by atoms with Crippen molar-refractivity contribution in [2.75, 3.05) is 25.0 Å². The summed E-state index contributed by atoms with van der Waals surface area (Å²) in [5.74, 6) is 1.98. The molecule has 0 saturated heterocycles. The summed E-state index contributed by atoms with van der Waals surface area (Å²) in [5, 5.41) is 7.81. The molecule has 0 aliphatic heterocycles. The second kappa shape index (κ2) is 6.78. The number of hydrogen-bond acceptors (Lipinski definition) is 3. The molecule has 0 aromatic carbocycles. The molecule has 104 valence electrons. The fourth-order valence-corrected chi connectivity index (χ4v) is 2.34. The highest BCUT2D eigenvalue weighted by Gasteiger charge is 2.18. The van der Waals surface area contributed by atoms with Crippen LogP contribution in [0.2, 0.25) is 0 Å². The van der Waals surface area contributed by atoms with Crippen LogP contribution in [0, 0.1) is 12.8 Å². The second-order valence-corrected chi connectivity index (χ2v) is 5.09. The molecule has 1 heterocycles. The largest absolute Gasteiger partial charge is 0.357 e. The van der Waals surface area contributed by atoms with Crippen molar-refractivity contribution in [2.45, 2.75) is 40.7 Å². The van der Waals surface area contributed by atoms with Crippen molar-refractivity contribution in [3.8, 4) is 0 Å². The van der Waals surface area contributed by atoms with Gasteiger partial charge in [0.05, 0.1) is 5.69 Å². The first-order valence-corrected chi connectivity index (χ1v) is 6.97. The molecular weight excluding hydrogens is 224 g/mol. The lowest BCUT2D eigenvalue weighted by Gasteiger charge is -2.27. The van der Waals surface area contributed by atoms with Crippen LogP contribution in [0.3, 0.4) is 0 Å². The summed E-state index contributed by atoms with van der Waals surface area (Å²) in [6, 6.07) is 0. The lowest BCUT2D eigenvalue weighted by Crippen LogP contribution is -2.31. The van der Waals surface area contributed by atoms with Crippen molar-refractivity contribution in [1.82, 2.24) is 15.1 Å². The number of rotatable bonds is 7. The molecule has 18 heavy (non-hydrogen) atoms. The molecule has 0 saturated carbocycles. The number of nitrogens with zero attached hydrogens (tertiary/aromatic N) is 3. The smallest absolute Gasteiger partial charge is 0.131 e. The molecule has 0 aliphatic carbocycles. The van der Waals surface area contributed by atoms with E-state index in [4.69, 9.17) is 0 Å². The van der Waals surface area contributed by atoms with Crippen LogP contribution in [0.5, 0.6) is 0 Å². The van der Waals surface area contributed by atoms with Gasteiger partial charge in [-0.1, -0.05) is 20.3 Å². The zero-order chi connectivity index (χ0) is 13.7. The molecule has 0 bridgehead atoms. The van der Waals surface area contributed by atoms with Crippen LogP contribution in [0.25, 0.3) is 0 Å². The highest BCUT2D eigenvalue weighted by molar-refractivity contribution is 5.50. The van der Waals surface area contributed by atoms with Crippen molar-refractivity contribution in [1.29, 1.82) is 0 Å². The minimum absolute atomic E-state index is 0.711. The number of hydrogen-bond donors (Lipinski definition) is 1.